The summed E-state index contributed by atoms with van der Waals surface area (Å²) in [4.78, 5) is 22.9. The lowest BCUT2D eigenvalue weighted by Crippen LogP contribution is -2.31. The summed E-state index contributed by atoms with van der Waals surface area (Å²) < 4.78 is 50.1. The zero-order valence-electron chi connectivity index (χ0n) is 12.9. The second-order valence-corrected chi connectivity index (χ2v) is 5.19. The molecule has 0 aliphatic carbocycles. The SMILES string of the molecule is O=C(Cc1cccc(F)c1)NCc1ccccc1NC(=O)C(F)(F)F. The topological polar surface area (TPSA) is 58.2 Å². The van der Waals surface area contributed by atoms with Gasteiger partial charge in [0, 0.05) is 12.2 Å². The highest BCUT2D eigenvalue weighted by Crippen LogP contribution is 2.21. The molecule has 2 aromatic rings. The Labute approximate surface area is 140 Å². The van der Waals surface area contributed by atoms with Crippen LogP contribution in [0.2, 0.25) is 0 Å². The van der Waals surface area contributed by atoms with Gasteiger partial charge in [0.15, 0.2) is 0 Å². The third-order valence-corrected chi connectivity index (χ3v) is 3.25. The number of amides is 2. The maximum Gasteiger partial charge on any atom is 0.471 e. The number of anilines is 1. The summed E-state index contributed by atoms with van der Waals surface area (Å²) >= 11 is 0. The molecular formula is C17H14F4N2O2. The molecule has 0 aromatic heterocycles. The van der Waals surface area contributed by atoms with Crippen molar-refractivity contribution in [1.82, 2.24) is 5.32 Å². The van der Waals surface area contributed by atoms with Gasteiger partial charge in [0.05, 0.1) is 6.42 Å². The van der Waals surface area contributed by atoms with Crippen molar-refractivity contribution in [3.05, 3.63) is 65.5 Å². The van der Waals surface area contributed by atoms with E-state index in [1.54, 1.807) is 17.4 Å². The standard InChI is InChI=1S/C17H14F4N2O2/c18-13-6-3-4-11(8-13)9-15(24)22-10-12-5-1-2-7-14(12)23-16(25)17(19,20)21/h1-8H,9-10H2,(H,22,24)(H,23,25). The summed E-state index contributed by atoms with van der Waals surface area (Å²) in [6.07, 6.45) is -5.08. The van der Waals surface area contributed by atoms with Crippen LogP contribution in [0.3, 0.4) is 0 Å². The Morgan fingerprint density at radius 2 is 1.72 bits per heavy atom. The van der Waals surface area contributed by atoms with E-state index < -0.39 is 23.8 Å². The molecule has 0 aliphatic rings. The van der Waals surface area contributed by atoms with Gasteiger partial charge in [0.1, 0.15) is 5.82 Å². The number of nitrogens with one attached hydrogen (secondary N) is 2. The van der Waals surface area contributed by atoms with Crippen molar-refractivity contribution in [2.24, 2.45) is 0 Å². The van der Waals surface area contributed by atoms with E-state index in [9.17, 15) is 27.2 Å². The number of para-hydroxylation sites is 1. The lowest BCUT2D eigenvalue weighted by Gasteiger charge is -2.13. The molecule has 2 aromatic carbocycles. The van der Waals surface area contributed by atoms with Crippen LogP contribution < -0.4 is 10.6 Å². The van der Waals surface area contributed by atoms with Crippen LogP contribution in [0.15, 0.2) is 48.5 Å². The highest BCUT2D eigenvalue weighted by molar-refractivity contribution is 5.95. The molecule has 0 fully saturated rings. The molecule has 2 rings (SSSR count). The minimum Gasteiger partial charge on any atom is -0.352 e. The molecule has 0 heterocycles. The van der Waals surface area contributed by atoms with Crippen LogP contribution in [-0.4, -0.2) is 18.0 Å². The summed E-state index contributed by atoms with van der Waals surface area (Å²) in [7, 11) is 0. The largest absolute Gasteiger partial charge is 0.471 e. The second kappa shape index (κ2) is 7.78. The first-order chi connectivity index (χ1) is 11.8. The van der Waals surface area contributed by atoms with Gasteiger partial charge in [-0.05, 0) is 29.3 Å². The van der Waals surface area contributed by atoms with Crippen LogP contribution in [-0.2, 0) is 22.6 Å². The Morgan fingerprint density at radius 3 is 2.40 bits per heavy atom. The van der Waals surface area contributed by atoms with Crippen LogP contribution in [0, 0.1) is 5.82 Å². The number of benzene rings is 2. The van der Waals surface area contributed by atoms with Gasteiger partial charge < -0.3 is 10.6 Å². The lowest BCUT2D eigenvalue weighted by atomic mass is 10.1. The monoisotopic (exact) mass is 354 g/mol. The third-order valence-electron chi connectivity index (χ3n) is 3.25. The zero-order valence-corrected chi connectivity index (χ0v) is 12.9. The van der Waals surface area contributed by atoms with Gasteiger partial charge in [-0.1, -0.05) is 30.3 Å². The number of alkyl halides is 3. The number of carbonyl (C=O) groups excluding carboxylic acids is 2. The zero-order chi connectivity index (χ0) is 18.4. The quantitative estimate of drug-likeness (QED) is 0.811. The molecule has 25 heavy (non-hydrogen) atoms. The molecule has 0 radical (unpaired) electrons. The lowest BCUT2D eigenvalue weighted by molar-refractivity contribution is -0.167. The van der Waals surface area contributed by atoms with Crippen molar-refractivity contribution < 1.29 is 27.2 Å². The number of rotatable bonds is 5. The average molecular weight is 354 g/mol. The van der Waals surface area contributed by atoms with E-state index in [-0.39, 0.29) is 18.7 Å². The van der Waals surface area contributed by atoms with E-state index in [4.69, 9.17) is 0 Å². The van der Waals surface area contributed by atoms with Crippen LogP contribution in [0.4, 0.5) is 23.2 Å². The third kappa shape index (κ3) is 5.59. The molecule has 0 saturated heterocycles. The predicted molar refractivity (Wildman–Crippen MR) is 83.1 cm³/mol. The fraction of sp³-hybridized carbons (Fsp3) is 0.176. The minimum absolute atomic E-state index is 0.0455. The maximum absolute atomic E-state index is 13.1. The Bertz CT molecular complexity index is 775. The number of carbonyl (C=O) groups is 2. The van der Waals surface area contributed by atoms with E-state index in [1.807, 2.05) is 0 Å². The predicted octanol–water partition coefficient (Wildman–Crippen LogP) is 3.19. The van der Waals surface area contributed by atoms with Gasteiger partial charge in [-0.15, -0.1) is 0 Å². The van der Waals surface area contributed by atoms with E-state index in [0.717, 1.165) is 0 Å². The molecule has 8 heteroatoms. The van der Waals surface area contributed by atoms with Crippen molar-refractivity contribution in [3.8, 4) is 0 Å². The molecule has 0 bridgehead atoms. The van der Waals surface area contributed by atoms with Crippen LogP contribution in [0.5, 0.6) is 0 Å². The molecule has 0 unspecified atom stereocenters. The van der Waals surface area contributed by atoms with Gasteiger partial charge in [0.2, 0.25) is 5.91 Å². The second-order valence-electron chi connectivity index (χ2n) is 5.19. The Kier molecular flexibility index (Phi) is 5.74. The van der Waals surface area contributed by atoms with Crippen LogP contribution in [0.25, 0.3) is 0 Å². The maximum atomic E-state index is 13.1. The van der Waals surface area contributed by atoms with Crippen LogP contribution >= 0.6 is 0 Å². The minimum atomic E-state index is -5.01. The van der Waals surface area contributed by atoms with E-state index in [0.29, 0.717) is 11.1 Å². The average Bonchev–Trinajstić information content (AvgIpc) is 2.53. The van der Waals surface area contributed by atoms with Gasteiger partial charge in [-0.2, -0.15) is 13.2 Å². The molecule has 2 N–H and O–H groups in total. The van der Waals surface area contributed by atoms with Gasteiger partial charge in [-0.3, -0.25) is 9.59 Å². The van der Waals surface area contributed by atoms with Gasteiger partial charge in [0.25, 0.3) is 0 Å². The van der Waals surface area contributed by atoms with Crippen molar-refractivity contribution >= 4 is 17.5 Å². The van der Waals surface area contributed by atoms with E-state index in [2.05, 4.69) is 5.32 Å². The first kappa shape index (κ1) is 18.4. The molecule has 0 atom stereocenters. The van der Waals surface area contributed by atoms with Crippen molar-refractivity contribution in [2.45, 2.75) is 19.1 Å². The van der Waals surface area contributed by atoms with E-state index in [1.165, 1.54) is 36.4 Å². The fourth-order valence-corrected chi connectivity index (χ4v) is 2.08. The number of hydrogen-bond donors (Lipinski definition) is 2. The van der Waals surface area contributed by atoms with Crippen molar-refractivity contribution in [1.29, 1.82) is 0 Å². The normalized spacial score (nSPS) is 11.0. The Morgan fingerprint density at radius 1 is 1.00 bits per heavy atom. The van der Waals surface area contributed by atoms with Gasteiger partial charge >= 0.3 is 12.1 Å². The number of halogens is 4. The molecule has 0 aliphatic heterocycles. The van der Waals surface area contributed by atoms with Crippen LogP contribution in [0.1, 0.15) is 11.1 Å². The number of hydrogen-bond acceptors (Lipinski definition) is 2. The molecule has 0 saturated carbocycles. The molecular weight excluding hydrogens is 340 g/mol. The molecule has 0 spiro atoms. The Hall–Kier alpha value is -2.90. The molecule has 4 nitrogen and oxygen atoms in total. The molecule has 132 valence electrons. The molecule has 2 amide bonds. The van der Waals surface area contributed by atoms with Crippen molar-refractivity contribution in [2.75, 3.05) is 5.32 Å². The Balaban J connectivity index is 1.98. The first-order valence-electron chi connectivity index (χ1n) is 7.23. The smallest absolute Gasteiger partial charge is 0.352 e. The fourth-order valence-electron chi connectivity index (χ4n) is 2.08. The summed E-state index contributed by atoms with van der Waals surface area (Å²) in [5.41, 5.74) is 0.736. The van der Waals surface area contributed by atoms with Crippen molar-refractivity contribution in [3.63, 3.8) is 0 Å². The summed E-state index contributed by atoms with van der Waals surface area (Å²) in [5, 5.41) is 4.29. The highest BCUT2D eigenvalue weighted by Gasteiger charge is 2.38. The van der Waals surface area contributed by atoms with Gasteiger partial charge in [-0.25, -0.2) is 4.39 Å². The first-order valence-corrected chi connectivity index (χ1v) is 7.23. The summed E-state index contributed by atoms with van der Waals surface area (Å²) in [6, 6.07) is 11.3. The highest BCUT2D eigenvalue weighted by atomic mass is 19.4. The van der Waals surface area contributed by atoms with E-state index >= 15 is 0 Å². The summed E-state index contributed by atoms with van der Waals surface area (Å²) in [6.45, 7) is -0.0809. The summed E-state index contributed by atoms with van der Waals surface area (Å²) in [5.74, 6) is -2.99.